The van der Waals surface area contributed by atoms with Gasteiger partial charge in [-0.15, -0.1) is 0 Å². The highest BCUT2D eigenvalue weighted by Gasteiger charge is 2.44. The molecule has 0 radical (unpaired) electrons. The average molecular weight is 347 g/mol. The first-order valence-corrected chi connectivity index (χ1v) is 13.7. The van der Waals surface area contributed by atoms with Crippen LogP contribution < -0.4 is 0 Å². The van der Waals surface area contributed by atoms with Gasteiger partial charge < -0.3 is 8.85 Å². The van der Waals surface area contributed by atoms with Gasteiger partial charge in [0.25, 0.3) is 16.6 Å². The van der Waals surface area contributed by atoms with Crippen LogP contribution in [0.2, 0.25) is 36.3 Å². The number of hydrogen-bond donors (Lipinski definition) is 0. The van der Waals surface area contributed by atoms with Crippen LogP contribution in [0.15, 0.2) is 0 Å². The van der Waals surface area contributed by atoms with Crippen LogP contribution in [0, 0.1) is 5.92 Å². The zero-order chi connectivity index (χ0) is 18.1. The van der Waals surface area contributed by atoms with Gasteiger partial charge in [-0.25, -0.2) is 0 Å². The maximum Gasteiger partial charge on any atom is 0.306 e. The maximum atomic E-state index is 12.3. The van der Waals surface area contributed by atoms with Gasteiger partial charge in [-0.05, 0) is 43.2 Å². The van der Waals surface area contributed by atoms with Gasteiger partial charge in [0.15, 0.2) is 0 Å². The standard InChI is InChI=1S/C16H34O4Si2/c1-12(13(17)19-21(8,9)15(2,3)4)14(18)20-22(10,11)16(5,6)7/h12H,1-11H3. The first kappa shape index (κ1) is 21.4. The number of hydrogen-bond acceptors (Lipinski definition) is 4. The van der Waals surface area contributed by atoms with Gasteiger partial charge in [0.05, 0.1) is 0 Å². The second-order valence-electron chi connectivity index (χ2n) is 9.08. The first-order chi connectivity index (χ1) is 9.42. The minimum atomic E-state index is -2.22. The average Bonchev–Trinajstić information content (AvgIpc) is 2.23. The highest BCUT2D eigenvalue weighted by atomic mass is 28.4. The fourth-order valence-corrected chi connectivity index (χ4v) is 3.05. The molecule has 0 spiro atoms. The van der Waals surface area contributed by atoms with Crippen molar-refractivity contribution in [1.82, 2.24) is 0 Å². The highest BCUT2D eigenvalue weighted by molar-refractivity contribution is 6.76. The van der Waals surface area contributed by atoms with Crippen molar-refractivity contribution in [2.45, 2.75) is 84.7 Å². The summed E-state index contributed by atoms with van der Waals surface area (Å²) in [7, 11) is -4.44. The van der Waals surface area contributed by atoms with E-state index in [4.69, 9.17) is 8.85 Å². The molecule has 0 saturated carbocycles. The molecular formula is C16H34O4Si2. The molecule has 0 aromatic heterocycles. The van der Waals surface area contributed by atoms with E-state index in [9.17, 15) is 9.59 Å². The second kappa shape index (κ2) is 6.47. The Balaban J connectivity index is 4.96. The molecule has 0 heterocycles. The Morgan fingerprint density at radius 3 is 1.14 bits per heavy atom. The zero-order valence-corrected chi connectivity index (χ0v) is 18.2. The Morgan fingerprint density at radius 2 is 0.955 bits per heavy atom. The Kier molecular flexibility index (Phi) is 6.29. The van der Waals surface area contributed by atoms with Crippen LogP contribution in [0.3, 0.4) is 0 Å². The molecule has 22 heavy (non-hydrogen) atoms. The van der Waals surface area contributed by atoms with Crippen LogP contribution in [0.1, 0.15) is 48.5 Å². The molecule has 0 unspecified atom stereocenters. The van der Waals surface area contributed by atoms with Gasteiger partial charge in [-0.3, -0.25) is 9.59 Å². The van der Waals surface area contributed by atoms with Crippen molar-refractivity contribution in [3.05, 3.63) is 0 Å². The molecule has 0 aromatic rings. The molecular weight excluding hydrogens is 312 g/mol. The summed E-state index contributed by atoms with van der Waals surface area (Å²) in [6.07, 6.45) is 0. The summed E-state index contributed by atoms with van der Waals surface area (Å²) in [5.74, 6) is -1.80. The molecule has 0 amide bonds. The lowest BCUT2D eigenvalue weighted by Crippen LogP contribution is -2.47. The predicted molar refractivity (Wildman–Crippen MR) is 95.7 cm³/mol. The van der Waals surface area contributed by atoms with Crippen molar-refractivity contribution in [3.8, 4) is 0 Å². The summed E-state index contributed by atoms with van der Waals surface area (Å²) in [5, 5.41) is -0.155. The Bertz CT molecular complexity index is 388. The van der Waals surface area contributed by atoms with Crippen molar-refractivity contribution in [2.24, 2.45) is 5.92 Å². The Labute approximate surface area is 138 Å². The van der Waals surface area contributed by atoms with Gasteiger partial charge in [-0.1, -0.05) is 41.5 Å². The molecule has 4 nitrogen and oxygen atoms in total. The zero-order valence-electron chi connectivity index (χ0n) is 16.2. The van der Waals surface area contributed by atoms with E-state index in [1.807, 2.05) is 26.2 Å². The number of carbonyl (C=O) groups excluding carboxylic acids is 2. The van der Waals surface area contributed by atoms with Crippen molar-refractivity contribution < 1.29 is 18.4 Å². The van der Waals surface area contributed by atoms with E-state index in [-0.39, 0.29) is 10.1 Å². The van der Waals surface area contributed by atoms with E-state index >= 15 is 0 Å². The van der Waals surface area contributed by atoms with Gasteiger partial charge in [0.1, 0.15) is 5.92 Å². The van der Waals surface area contributed by atoms with Crippen LogP contribution in [-0.4, -0.2) is 28.6 Å². The van der Waals surface area contributed by atoms with E-state index in [0.29, 0.717) is 0 Å². The molecule has 0 aliphatic heterocycles. The molecule has 0 aliphatic rings. The third kappa shape index (κ3) is 5.23. The van der Waals surface area contributed by atoms with E-state index in [0.717, 1.165) is 0 Å². The summed E-state index contributed by atoms with van der Waals surface area (Å²) < 4.78 is 11.4. The molecule has 0 atom stereocenters. The molecule has 130 valence electrons. The third-order valence-corrected chi connectivity index (χ3v) is 13.7. The number of rotatable bonds is 4. The maximum absolute atomic E-state index is 12.3. The minimum Gasteiger partial charge on any atom is -0.518 e. The van der Waals surface area contributed by atoms with Crippen LogP contribution in [0.4, 0.5) is 0 Å². The monoisotopic (exact) mass is 346 g/mol. The van der Waals surface area contributed by atoms with Gasteiger partial charge in [0.2, 0.25) is 0 Å². The van der Waals surface area contributed by atoms with Crippen LogP contribution in [0.25, 0.3) is 0 Å². The molecule has 0 rings (SSSR count). The lowest BCUT2D eigenvalue weighted by Gasteiger charge is -2.37. The quantitative estimate of drug-likeness (QED) is 0.546. The van der Waals surface area contributed by atoms with Gasteiger partial charge in [0, 0.05) is 0 Å². The lowest BCUT2D eigenvalue weighted by atomic mass is 10.2. The highest BCUT2D eigenvalue weighted by Crippen LogP contribution is 2.38. The topological polar surface area (TPSA) is 52.6 Å². The molecule has 0 fully saturated rings. The fourth-order valence-electron chi connectivity index (χ4n) is 1.08. The minimum absolute atomic E-state index is 0.0777. The largest absolute Gasteiger partial charge is 0.518 e. The van der Waals surface area contributed by atoms with Crippen LogP contribution in [0.5, 0.6) is 0 Å². The summed E-state index contributed by atoms with van der Waals surface area (Å²) in [4.78, 5) is 24.6. The Hall–Kier alpha value is -0.626. The van der Waals surface area contributed by atoms with Crippen molar-refractivity contribution in [3.63, 3.8) is 0 Å². The molecule has 0 aromatic carbocycles. The van der Waals surface area contributed by atoms with Crippen molar-refractivity contribution in [2.75, 3.05) is 0 Å². The molecule has 0 saturated heterocycles. The van der Waals surface area contributed by atoms with Gasteiger partial charge >= 0.3 is 11.9 Å². The smallest absolute Gasteiger partial charge is 0.306 e. The van der Waals surface area contributed by atoms with Crippen LogP contribution >= 0.6 is 0 Å². The number of carbonyl (C=O) groups is 2. The first-order valence-electron chi connectivity index (χ1n) is 7.88. The summed E-state index contributed by atoms with van der Waals surface area (Å²) in [5.41, 5.74) is 0. The lowest BCUT2D eigenvalue weighted by molar-refractivity contribution is -0.151. The van der Waals surface area contributed by atoms with E-state index < -0.39 is 34.5 Å². The van der Waals surface area contributed by atoms with Crippen molar-refractivity contribution in [1.29, 1.82) is 0 Å². The Morgan fingerprint density at radius 1 is 0.727 bits per heavy atom. The molecule has 6 heteroatoms. The molecule has 0 N–H and O–H groups in total. The predicted octanol–water partition coefficient (Wildman–Crippen LogP) is 4.72. The molecule has 0 bridgehead atoms. The SMILES string of the molecule is CC(C(=O)O[Si](C)(C)C(C)(C)C)C(=O)O[Si](C)(C)C(C)(C)C. The third-order valence-electron chi connectivity index (χ3n) is 5.03. The van der Waals surface area contributed by atoms with E-state index in [1.54, 1.807) is 6.92 Å². The fraction of sp³-hybridized carbons (Fsp3) is 0.875. The summed E-state index contributed by atoms with van der Waals surface area (Å²) in [6.45, 7) is 21.9. The van der Waals surface area contributed by atoms with Crippen molar-refractivity contribution >= 4 is 28.6 Å². The van der Waals surface area contributed by atoms with Gasteiger partial charge in [-0.2, -0.15) is 0 Å². The van der Waals surface area contributed by atoms with E-state index in [1.165, 1.54) is 0 Å². The second-order valence-corrected chi connectivity index (χ2v) is 18.5. The van der Waals surface area contributed by atoms with E-state index in [2.05, 4.69) is 41.5 Å². The summed E-state index contributed by atoms with van der Waals surface area (Å²) >= 11 is 0. The molecule has 0 aliphatic carbocycles. The van der Waals surface area contributed by atoms with Crippen LogP contribution in [-0.2, 0) is 18.4 Å². The normalized spacial score (nSPS) is 14.0. The summed E-state index contributed by atoms with van der Waals surface area (Å²) in [6, 6.07) is 0.